The molecular weight excluding hydrogens is 226 g/mol. The van der Waals surface area contributed by atoms with Crippen molar-refractivity contribution in [3.63, 3.8) is 0 Å². The van der Waals surface area contributed by atoms with Gasteiger partial charge in [-0.05, 0) is 12.8 Å². The van der Waals surface area contributed by atoms with Crippen LogP contribution in [0.15, 0.2) is 0 Å². The molecule has 0 amide bonds. The molecule has 0 aromatic rings. The first-order valence-electron chi connectivity index (χ1n) is 4.75. The predicted molar refractivity (Wildman–Crippen MR) is 55.9 cm³/mol. The van der Waals surface area contributed by atoms with E-state index in [0.29, 0.717) is 19.7 Å². The zero-order valence-electron chi connectivity index (χ0n) is 8.28. The molecule has 6 heteroatoms. The lowest BCUT2D eigenvalue weighted by Gasteiger charge is -2.21. The molecule has 0 aromatic heterocycles. The van der Waals surface area contributed by atoms with Crippen molar-refractivity contribution in [1.29, 1.82) is 0 Å². The van der Waals surface area contributed by atoms with Crippen molar-refractivity contribution in [2.24, 2.45) is 0 Å². The molecule has 0 saturated carbocycles. The smallest absolute Gasteiger partial charge is 0.228 e. The number of sulfonamides is 1. The molecule has 0 bridgehead atoms. The molecule has 1 atom stereocenters. The van der Waals surface area contributed by atoms with Crippen molar-refractivity contribution in [3.05, 3.63) is 0 Å². The topological polar surface area (TPSA) is 46.6 Å². The van der Waals surface area contributed by atoms with E-state index in [1.165, 1.54) is 4.31 Å². The van der Waals surface area contributed by atoms with Crippen LogP contribution in [-0.4, -0.2) is 43.7 Å². The second-order valence-corrected chi connectivity index (χ2v) is 5.89. The van der Waals surface area contributed by atoms with Crippen molar-refractivity contribution < 1.29 is 13.2 Å². The molecule has 1 heterocycles. The second-order valence-electron chi connectivity index (χ2n) is 3.33. The fourth-order valence-electron chi connectivity index (χ4n) is 1.43. The largest absolute Gasteiger partial charge is 0.377 e. The Morgan fingerprint density at radius 1 is 1.57 bits per heavy atom. The van der Waals surface area contributed by atoms with Gasteiger partial charge < -0.3 is 4.74 Å². The van der Waals surface area contributed by atoms with Crippen LogP contribution in [-0.2, 0) is 14.8 Å². The summed E-state index contributed by atoms with van der Waals surface area (Å²) in [5, 5.41) is -0.344. The number of halogens is 1. The van der Waals surface area contributed by atoms with Crippen LogP contribution in [0.1, 0.15) is 19.8 Å². The number of nitrogens with zero attached hydrogens (tertiary/aromatic N) is 1. The van der Waals surface area contributed by atoms with Gasteiger partial charge in [-0.1, -0.05) is 6.92 Å². The highest BCUT2D eigenvalue weighted by molar-refractivity contribution is 7.90. The van der Waals surface area contributed by atoms with E-state index in [4.69, 9.17) is 16.3 Å². The number of hydrogen-bond donors (Lipinski definition) is 0. The van der Waals surface area contributed by atoms with Crippen LogP contribution in [0.4, 0.5) is 0 Å². The Hall–Kier alpha value is 0.160. The van der Waals surface area contributed by atoms with Gasteiger partial charge in [0.25, 0.3) is 0 Å². The molecule has 1 saturated heterocycles. The number of alkyl halides is 1. The summed E-state index contributed by atoms with van der Waals surface area (Å²) in [7, 11) is -3.27. The Balaban J connectivity index is 2.68. The molecule has 1 unspecified atom stereocenters. The van der Waals surface area contributed by atoms with Crippen LogP contribution < -0.4 is 0 Å². The molecule has 0 aromatic carbocycles. The first-order chi connectivity index (χ1) is 6.60. The molecule has 0 N–H and O–H groups in total. The van der Waals surface area contributed by atoms with Gasteiger partial charge in [0, 0.05) is 19.7 Å². The Morgan fingerprint density at radius 2 is 2.29 bits per heavy atom. The molecule has 1 rings (SSSR count). The van der Waals surface area contributed by atoms with Crippen molar-refractivity contribution in [1.82, 2.24) is 4.31 Å². The monoisotopic (exact) mass is 241 g/mol. The fraction of sp³-hybridized carbons (Fsp3) is 1.00. The maximum Gasteiger partial charge on any atom is 0.228 e. The van der Waals surface area contributed by atoms with Gasteiger partial charge in [0.1, 0.15) is 5.21 Å². The summed E-state index contributed by atoms with van der Waals surface area (Å²) >= 11 is 5.40. The number of hydrogen-bond acceptors (Lipinski definition) is 3. The Bertz CT molecular complexity index is 268. The van der Waals surface area contributed by atoms with Gasteiger partial charge in [-0.3, -0.25) is 0 Å². The molecule has 84 valence electrons. The van der Waals surface area contributed by atoms with Crippen LogP contribution in [0.3, 0.4) is 0 Å². The minimum absolute atomic E-state index is 0.00971. The molecule has 1 aliphatic rings. The van der Waals surface area contributed by atoms with Crippen LogP contribution in [0.2, 0.25) is 0 Å². The zero-order valence-corrected chi connectivity index (χ0v) is 9.85. The first kappa shape index (κ1) is 12.2. The van der Waals surface area contributed by atoms with Crippen LogP contribution >= 0.6 is 11.6 Å². The summed E-state index contributed by atoms with van der Waals surface area (Å²) in [6.07, 6.45) is 1.58. The van der Waals surface area contributed by atoms with Crippen molar-refractivity contribution in [2.75, 3.05) is 24.9 Å². The van der Waals surface area contributed by atoms with E-state index in [0.717, 1.165) is 12.8 Å². The van der Waals surface area contributed by atoms with E-state index in [1.807, 2.05) is 6.92 Å². The SMILES string of the molecule is CCC1CN(S(=O)(=O)CCl)CCCO1. The highest BCUT2D eigenvalue weighted by Gasteiger charge is 2.26. The van der Waals surface area contributed by atoms with E-state index in [9.17, 15) is 8.42 Å². The third kappa shape index (κ3) is 3.08. The van der Waals surface area contributed by atoms with Crippen LogP contribution in [0, 0.1) is 0 Å². The summed E-state index contributed by atoms with van der Waals surface area (Å²) in [6.45, 7) is 3.57. The van der Waals surface area contributed by atoms with E-state index in [2.05, 4.69) is 0 Å². The zero-order chi connectivity index (χ0) is 10.6. The molecule has 1 fully saturated rings. The van der Waals surface area contributed by atoms with Crippen molar-refractivity contribution >= 4 is 21.6 Å². The molecule has 4 nitrogen and oxygen atoms in total. The summed E-state index contributed by atoms with van der Waals surface area (Å²) < 4.78 is 29.9. The highest BCUT2D eigenvalue weighted by Crippen LogP contribution is 2.13. The van der Waals surface area contributed by atoms with Gasteiger partial charge in [0.05, 0.1) is 6.10 Å². The third-order valence-corrected chi connectivity index (χ3v) is 4.52. The summed E-state index contributed by atoms with van der Waals surface area (Å²) in [4.78, 5) is 0. The highest BCUT2D eigenvalue weighted by atomic mass is 35.5. The number of rotatable bonds is 3. The van der Waals surface area contributed by atoms with Gasteiger partial charge in [0.15, 0.2) is 0 Å². The predicted octanol–water partition coefficient (Wildman–Crippen LogP) is 1.01. The minimum Gasteiger partial charge on any atom is -0.377 e. The van der Waals surface area contributed by atoms with Gasteiger partial charge >= 0.3 is 0 Å². The average molecular weight is 242 g/mol. The van der Waals surface area contributed by atoms with Crippen molar-refractivity contribution in [3.8, 4) is 0 Å². The molecule has 0 spiro atoms. The van der Waals surface area contributed by atoms with Crippen molar-refractivity contribution in [2.45, 2.75) is 25.9 Å². The van der Waals surface area contributed by atoms with E-state index >= 15 is 0 Å². The summed E-state index contributed by atoms with van der Waals surface area (Å²) in [5.74, 6) is 0. The standard InChI is InChI=1S/C8H16ClNO3S/c1-2-8-6-10(4-3-5-13-8)14(11,12)7-9/h8H,2-7H2,1H3. The first-order valence-corrected chi connectivity index (χ1v) is 6.90. The average Bonchev–Trinajstić information content (AvgIpc) is 2.43. The summed E-state index contributed by atoms with van der Waals surface area (Å²) in [6, 6.07) is 0. The van der Waals surface area contributed by atoms with Gasteiger partial charge in [-0.25, -0.2) is 8.42 Å². The molecular formula is C8H16ClNO3S. The Kier molecular flexibility index (Phi) is 4.63. The van der Waals surface area contributed by atoms with Gasteiger partial charge in [-0.15, -0.1) is 11.6 Å². The lowest BCUT2D eigenvalue weighted by atomic mass is 10.3. The Labute approximate surface area is 90.2 Å². The third-order valence-electron chi connectivity index (χ3n) is 2.30. The summed E-state index contributed by atoms with van der Waals surface area (Å²) in [5.41, 5.74) is 0. The molecule has 0 radical (unpaired) electrons. The fourth-order valence-corrected chi connectivity index (χ4v) is 2.78. The lowest BCUT2D eigenvalue weighted by molar-refractivity contribution is 0.0593. The quantitative estimate of drug-likeness (QED) is 0.693. The van der Waals surface area contributed by atoms with E-state index in [1.54, 1.807) is 0 Å². The maximum absolute atomic E-state index is 11.5. The molecule has 0 aliphatic carbocycles. The lowest BCUT2D eigenvalue weighted by Crippen LogP contribution is -2.37. The van der Waals surface area contributed by atoms with Crippen LogP contribution in [0.5, 0.6) is 0 Å². The minimum atomic E-state index is -3.27. The number of ether oxygens (including phenoxy) is 1. The maximum atomic E-state index is 11.5. The van der Waals surface area contributed by atoms with E-state index < -0.39 is 10.0 Å². The van der Waals surface area contributed by atoms with Gasteiger partial charge in [0.2, 0.25) is 10.0 Å². The van der Waals surface area contributed by atoms with Gasteiger partial charge in [-0.2, -0.15) is 4.31 Å². The normalized spacial score (nSPS) is 26.0. The van der Waals surface area contributed by atoms with Crippen LogP contribution in [0.25, 0.3) is 0 Å². The second kappa shape index (κ2) is 5.30. The molecule has 1 aliphatic heterocycles. The molecule has 14 heavy (non-hydrogen) atoms. The Morgan fingerprint density at radius 3 is 2.86 bits per heavy atom. The van der Waals surface area contributed by atoms with E-state index in [-0.39, 0.29) is 11.3 Å².